The largest absolute Gasteiger partial charge is 0.326 e. The monoisotopic (exact) mass is 470 g/mol. The second-order valence-corrected chi connectivity index (χ2v) is 7.90. The number of carbonyl (C=O) groups is 2. The summed E-state index contributed by atoms with van der Waals surface area (Å²) in [6, 6.07) is 11.3. The summed E-state index contributed by atoms with van der Waals surface area (Å²) in [6.45, 7) is 3.45. The predicted molar refractivity (Wildman–Crippen MR) is 107 cm³/mol. The van der Waals surface area contributed by atoms with Crippen molar-refractivity contribution in [1.82, 2.24) is 0 Å². The molecule has 0 atom stereocenters. The van der Waals surface area contributed by atoms with E-state index < -0.39 is 0 Å². The molecule has 0 saturated carbocycles. The van der Waals surface area contributed by atoms with Crippen molar-refractivity contribution in [3.8, 4) is 0 Å². The molecule has 0 heterocycles. The van der Waals surface area contributed by atoms with Gasteiger partial charge >= 0.3 is 0 Å². The second-order valence-electron chi connectivity index (χ2n) is 5.15. The lowest BCUT2D eigenvalue weighted by atomic mass is 10.2. The fourth-order valence-corrected chi connectivity index (χ4v) is 4.29. The Kier molecular flexibility index (Phi) is 6.89. The maximum atomic E-state index is 12.2. The third kappa shape index (κ3) is 5.65. The lowest BCUT2D eigenvalue weighted by Crippen LogP contribution is -2.15. The van der Waals surface area contributed by atoms with Crippen LogP contribution in [-0.4, -0.2) is 17.6 Å². The lowest BCUT2D eigenvalue weighted by Gasteiger charge is -2.11. The van der Waals surface area contributed by atoms with Gasteiger partial charge in [0, 0.05) is 26.5 Å². The van der Waals surface area contributed by atoms with Crippen LogP contribution in [-0.2, 0) is 9.59 Å². The highest BCUT2D eigenvalue weighted by Gasteiger charge is 2.10. The van der Waals surface area contributed by atoms with Gasteiger partial charge in [0.25, 0.3) is 0 Å². The third-order valence-corrected chi connectivity index (χ3v) is 5.26. The minimum absolute atomic E-state index is 0.0869. The Morgan fingerprint density at radius 3 is 2.17 bits per heavy atom. The highest BCUT2D eigenvalue weighted by Crippen LogP contribution is 2.32. The van der Waals surface area contributed by atoms with Gasteiger partial charge in [-0.25, -0.2) is 0 Å². The van der Waals surface area contributed by atoms with Crippen LogP contribution >= 0.6 is 43.6 Å². The number of rotatable bonds is 5. The molecule has 0 fully saturated rings. The van der Waals surface area contributed by atoms with Crippen LogP contribution in [0, 0.1) is 6.92 Å². The molecular formula is C17H16Br2N2O2S. The Labute approximate surface area is 162 Å². The quantitative estimate of drug-likeness (QED) is 0.588. The summed E-state index contributed by atoms with van der Waals surface area (Å²) < 4.78 is 1.68. The van der Waals surface area contributed by atoms with Crippen molar-refractivity contribution in [2.75, 3.05) is 16.4 Å². The van der Waals surface area contributed by atoms with Gasteiger partial charge in [-0.3, -0.25) is 9.59 Å². The van der Waals surface area contributed by atoms with Crippen molar-refractivity contribution in [1.29, 1.82) is 0 Å². The molecule has 0 aliphatic carbocycles. The number of hydrogen-bond donors (Lipinski definition) is 2. The second kappa shape index (κ2) is 8.69. The molecular weight excluding hydrogens is 456 g/mol. The van der Waals surface area contributed by atoms with E-state index in [2.05, 4.69) is 42.5 Å². The molecule has 7 heteroatoms. The minimum atomic E-state index is -0.107. The zero-order chi connectivity index (χ0) is 17.7. The van der Waals surface area contributed by atoms with Crippen LogP contribution in [0.15, 0.2) is 50.2 Å². The first-order valence-electron chi connectivity index (χ1n) is 7.11. The van der Waals surface area contributed by atoms with Crippen molar-refractivity contribution in [3.05, 3.63) is 50.9 Å². The van der Waals surface area contributed by atoms with Gasteiger partial charge in [-0.1, -0.05) is 0 Å². The number of thioether (sulfide) groups is 1. The highest BCUT2D eigenvalue weighted by atomic mass is 79.9. The average Bonchev–Trinajstić information content (AvgIpc) is 2.49. The Bertz CT molecular complexity index is 741. The van der Waals surface area contributed by atoms with Crippen molar-refractivity contribution in [2.24, 2.45) is 0 Å². The summed E-state index contributed by atoms with van der Waals surface area (Å²) in [7, 11) is 0. The highest BCUT2D eigenvalue weighted by molar-refractivity contribution is 9.11. The standard InChI is InChI=1S/C17H16Br2N2O2S/c1-10-7-14(18)17(15(19)8-10)21-16(23)9-24-13-5-3-12(4-6-13)20-11(2)22/h3-8H,9H2,1-2H3,(H,20,22)(H,21,23). The number of benzene rings is 2. The molecule has 0 unspecified atom stereocenters. The van der Waals surface area contributed by atoms with Crippen LogP contribution in [0.2, 0.25) is 0 Å². The molecule has 2 amide bonds. The van der Waals surface area contributed by atoms with Crippen LogP contribution in [0.1, 0.15) is 12.5 Å². The fraction of sp³-hybridized carbons (Fsp3) is 0.176. The van der Waals surface area contributed by atoms with Gasteiger partial charge in [0.2, 0.25) is 11.8 Å². The Balaban J connectivity index is 1.93. The molecule has 0 bridgehead atoms. The van der Waals surface area contributed by atoms with E-state index in [9.17, 15) is 9.59 Å². The van der Waals surface area contributed by atoms with E-state index in [1.54, 1.807) is 0 Å². The van der Waals surface area contributed by atoms with Crippen LogP contribution < -0.4 is 10.6 Å². The van der Waals surface area contributed by atoms with Crippen molar-refractivity contribution in [2.45, 2.75) is 18.7 Å². The molecule has 4 nitrogen and oxygen atoms in total. The van der Waals surface area contributed by atoms with E-state index in [1.807, 2.05) is 43.3 Å². The number of anilines is 2. The smallest absolute Gasteiger partial charge is 0.234 e. The summed E-state index contributed by atoms with van der Waals surface area (Å²) >= 11 is 8.36. The first-order valence-corrected chi connectivity index (χ1v) is 9.68. The number of aryl methyl sites for hydroxylation is 1. The van der Waals surface area contributed by atoms with Gasteiger partial charge in [0.05, 0.1) is 11.4 Å². The molecule has 2 rings (SSSR count). The molecule has 0 spiro atoms. The van der Waals surface area contributed by atoms with Crippen LogP contribution in [0.25, 0.3) is 0 Å². The molecule has 24 heavy (non-hydrogen) atoms. The third-order valence-electron chi connectivity index (χ3n) is 3.00. The van der Waals surface area contributed by atoms with Gasteiger partial charge in [0.1, 0.15) is 0 Å². The van der Waals surface area contributed by atoms with Gasteiger partial charge < -0.3 is 10.6 Å². The Morgan fingerprint density at radius 2 is 1.62 bits per heavy atom. The number of amides is 2. The van der Waals surface area contributed by atoms with Gasteiger partial charge in [-0.2, -0.15) is 0 Å². The summed E-state index contributed by atoms with van der Waals surface area (Å²) in [5, 5.41) is 5.61. The van der Waals surface area contributed by atoms with E-state index in [1.165, 1.54) is 18.7 Å². The fourth-order valence-electron chi connectivity index (χ4n) is 1.98. The summed E-state index contributed by atoms with van der Waals surface area (Å²) in [4.78, 5) is 24.1. The molecule has 0 aromatic heterocycles. The topological polar surface area (TPSA) is 58.2 Å². The zero-order valence-corrected chi connectivity index (χ0v) is 17.1. The van der Waals surface area contributed by atoms with Crippen molar-refractivity contribution in [3.63, 3.8) is 0 Å². The number of carbonyl (C=O) groups excluding carboxylic acids is 2. The Morgan fingerprint density at radius 1 is 1.04 bits per heavy atom. The lowest BCUT2D eigenvalue weighted by molar-refractivity contribution is -0.114. The first kappa shape index (κ1) is 19.0. The van der Waals surface area contributed by atoms with E-state index in [0.717, 1.165) is 30.8 Å². The van der Waals surface area contributed by atoms with Gasteiger partial charge in [-0.15, -0.1) is 11.8 Å². The normalized spacial score (nSPS) is 10.3. The minimum Gasteiger partial charge on any atom is -0.326 e. The molecule has 0 aliphatic rings. The van der Waals surface area contributed by atoms with Crippen LogP contribution in [0.3, 0.4) is 0 Å². The molecule has 0 radical (unpaired) electrons. The summed E-state index contributed by atoms with van der Waals surface area (Å²) in [5.74, 6) is 0.104. The number of halogens is 2. The van der Waals surface area contributed by atoms with E-state index in [-0.39, 0.29) is 11.8 Å². The average molecular weight is 472 g/mol. The molecule has 2 N–H and O–H groups in total. The van der Waals surface area contributed by atoms with Crippen LogP contribution in [0.4, 0.5) is 11.4 Å². The number of hydrogen-bond acceptors (Lipinski definition) is 3. The maximum Gasteiger partial charge on any atom is 0.234 e. The van der Waals surface area contributed by atoms with E-state index in [4.69, 9.17) is 0 Å². The molecule has 0 saturated heterocycles. The van der Waals surface area contributed by atoms with E-state index >= 15 is 0 Å². The summed E-state index contributed by atoms with van der Waals surface area (Å²) in [5.41, 5.74) is 2.57. The zero-order valence-electron chi connectivity index (χ0n) is 13.2. The molecule has 126 valence electrons. The van der Waals surface area contributed by atoms with Crippen molar-refractivity contribution >= 4 is 66.8 Å². The molecule has 0 aliphatic heterocycles. The molecule has 2 aromatic carbocycles. The predicted octanol–water partition coefficient (Wildman–Crippen LogP) is 5.21. The maximum absolute atomic E-state index is 12.2. The van der Waals surface area contributed by atoms with Gasteiger partial charge in [0.15, 0.2) is 0 Å². The van der Waals surface area contributed by atoms with Crippen molar-refractivity contribution < 1.29 is 9.59 Å². The summed E-state index contributed by atoms with van der Waals surface area (Å²) in [6.07, 6.45) is 0. The SMILES string of the molecule is CC(=O)Nc1ccc(SCC(=O)Nc2c(Br)cc(C)cc2Br)cc1. The first-order chi connectivity index (χ1) is 11.3. The Hall–Kier alpha value is -1.31. The van der Waals surface area contributed by atoms with Crippen LogP contribution in [0.5, 0.6) is 0 Å². The van der Waals surface area contributed by atoms with E-state index in [0.29, 0.717) is 5.75 Å². The number of nitrogens with one attached hydrogen (secondary N) is 2. The molecule has 2 aromatic rings. The van der Waals surface area contributed by atoms with Gasteiger partial charge in [-0.05, 0) is 80.7 Å².